The molecule has 0 spiro atoms. The van der Waals surface area contributed by atoms with Crippen molar-refractivity contribution < 1.29 is 0 Å². The minimum Gasteiger partial charge on any atom is -0.175 e. The molecule has 0 bridgehead atoms. The summed E-state index contributed by atoms with van der Waals surface area (Å²) in [5.74, 6) is 0. The van der Waals surface area contributed by atoms with E-state index in [4.69, 9.17) is 6.66 Å². The first-order valence-electron chi connectivity index (χ1n) is 11.8. The van der Waals surface area contributed by atoms with Crippen molar-refractivity contribution >= 4 is 26.1 Å². The Hall–Kier alpha value is -2.30. The molecule has 2 aliphatic heterocycles. The number of fused-ring (bicyclic) bond motifs is 1. The van der Waals surface area contributed by atoms with Crippen molar-refractivity contribution in [3.63, 3.8) is 0 Å². The van der Waals surface area contributed by atoms with E-state index in [9.17, 15) is 0 Å². The molecule has 6 rings (SSSR count). The summed E-state index contributed by atoms with van der Waals surface area (Å²) in [6.07, 6.45) is 2.43. The van der Waals surface area contributed by atoms with Crippen LogP contribution in [0.5, 0.6) is 0 Å². The van der Waals surface area contributed by atoms with Crippen LogP contribution in [0.15, 0.2) is 115 Å². The van der Waals surface area contributed by atoms with Gasteiger partial charge in [-0.1, -0.05) is 115 Å². The van der Waals surface area contributed by atoms with Crippen molar-refractivity contribution in [3.05, 3.63) is 139 Å². The van der Waals surface area contributed by atoms with E-state index < -0.39 is 15.5 Å². The Kier molecular flexibility index (Phi) is 5.67. The molecule has 1 nitrogen and oxygen atoms in total. The molecule has 2 heterocycles. The van der Waals surface area contributed by atoms with Gasteiger partial charge >= 0.3 is 0 Å². The summed E-state index contributed by atoms with van der Waals surface area (Å²) in [7, 11) is -2.42. The summed E-state index contributed by atoms with van der Waals surface area (Å²) < 4.78 is 2.91. The lowest BCUT2D eigenvalue weighted by atomic mass is 10.0. The van der Waals surface area contributed by atoms with Crippen molar-refractivity contribution in [3.8, 4) is 0 Å². The van der Waals surface area contributed by atoms with Crippen LogP contribution in [0.1, 0.15) is 40.8 Å². The number of hydrogen-bond donors (Lipinski definition) is 0. The molecule has 2 aliphatic rings. The summed E-state index contributed by atoms with van der Waals surface area (Å²) in [4.78, 5) is 0. The third-order valence-electron chi connectivity index (χ3n) is 7.35. The second-order valence-corrected chi connectivity index (χ2v) is 15.0. The minimum atomic E-state index is -1.82. The molecule has 1 unspecified atom stereocenters. The maximum absolute atomic E-state index is 5.28. The highest BCUT2D eigenvalue weighted by Crippen LogP contribution is 2.89. The topological polar surface area (TPSA) is 3.24 Å². The average molecular weight is 466 g/mol. The van der Waals surface area contributed by atoms with Crippen LogP contribution in [0.4, 0.5) is 0 Å². The fourth-order valence-electron chi connectivity index (χ4n) is 5.84. The van der Waals surface area contributed by atoms with E-state index in [1.165, 1.54) is 40.1 Å². The molecule has 3 heteroatoms. The van der Waals surface area contributed by atoms with Crippen molar-refractivity contribution in [2.45, 2.75) is 30.7 Å². The third kappa shape index (κ3) is 3.59. The van der Waals surface area contributed by atoms with Crippen LogP contribution in [-0.2, 0) is 6.54 Å². The fraction of sp³-hybridized carbons (Fsp3) is 0.167. The van der Waals surface area contributed by atoms with Gasteiger partial charge < -0.3 is 0 Å². The Bertz CT molecular complexity index is 1180. The first-order valence-corrected chi connectivity index (χ1v) is 15.2. The highest BCUT2D eigenvalue weighted by molar-refractivity contribution is 7.87. The SMILES string of the molecule is [CH2-][P+]1(N2Cc3ccccc3P2c2ccccc2)[C@@H](c2ccccc2)CC[C@@H]1c1ccccc1. The molecule has 164 valence electrons. The molecule has 1 fully saturated rings. The van der Waals surface area contributed by atoms with Gasteiger partial charge in [0.15, 0.2) is 0 Å². The van der Waals surface area contributed by atoms with Gasteiger partial charge in [0, 0.05) is 5.30 Å². The second-order valence-electron chi connectivity index (χ2n) is 9.12. The van der Waals surface area contributed by atoms with Gasteiger partial charge in [-0.05, 0) is 42.2 Å². The van der Waals surface area contributed by atoms with Crippen LogP contribution in [0, 0.1) is 6.66 Å². The molecule has 0 radical (unpaired) electrons. The van der Waals surface area contributed by atoms with E-state index in [-0.39, 0.29) is 0 Å². The number of nitrogens with zero attached hydrogens (tertiary/aromatic N) is 1. The third-order valence-corrected chi connectivity index (χ3v) is 15.4. The van der Waals surface area contributed by atoms with Gasteiger partial charge in [0.1, 0.15) is 0 Å². The van der Waals surface area contributed by atoms with Gasteiger partial charge in [-0.25, -0.2) is 0 Å². The summed E-state index contributed by atoms with van der Waals surface area (Å²) in [6.45, 7) is 6.29. The van der Waals surface area contributed by atoms with Gasteiger partial charge in [-0.2, -0.15) is 11.1 Å². The van der Waals surface area contributed by atoms with E-state index in [1.54, 1.807) is 0 Å². The van der Waals surface area contributed by atoms with Crippen LogP contribution < -0.4 is 10.6 Å². The van der Waals surface area contributed by atoms with E-state index in [0.717, 1.165) is 6.54 Å². The fourth-order valence-corrected chi connectivity index (χ4v) is 14.8. The monoisotopic (exact) mass is 465 g/mol. The van der Waals surface area contributed by atoms with Crippen molar-refractivity contribution in [2.75, 3.05) is 0 Å². The zero-order valence-electron chi connectivity index (χ0n) is 18.8. The summed E-state index contributed by atoms with van der Waals surface area (Å²) in [6, 6.07) is 42.8. The molecular weight excluding hydrogens is 436 g/mol. The largest absolute Gasteiger partial charge is 0.175 e. The Morgan fingerprint density at radius 1 is 0.636 bits per heavy atom. The van der Waals surface area contributed by atoms with E-state index in [0.29, 0.717) is 11.3 Å². The molecule has 0 amide bonds. The smallest absolute Gasteiger partial charge is 0.0845 e. The summed E-state index contributed by atoms with van der Waals surface area (Å²) in [5, 5.41) is 2.97. The zero-order chi connectivity index (χ0) is 22.3. The average Bonchev–Trinajstić information content (AvgIpc) is 3.45. The molecule has 0 aromatic heterocycles. The molecule has 1 saturated heterocycles. The van der Waals surface area contributed by atoms with Crippen LogP contribution >= 0.6 is 15.5 Å². The lowest BCUT2D eigenvalue weighted by Gasteiger charge is -2.46. The maximum atomic E-state index is 5.28. The van der Waals surface area contributed by atoms with E-state index in [1.807, 2.05) is 0 Å². The molecule has 0 saturated carbocycles. The van der Waals surface area contributed by atoms with Gasteiger partial charge in [0.2, 0.25) is 0 Å². The Morgan fingerprint density at radius 3 is 1.70 bits per heavy atom. The lowest BCUT2D eigenvalue weighted by Crippen LogP contribution is -2.24. The molecule has 3 atom stereocenters. The first-order chi connectivity index (χ1) is 16.3. The molecule has 4 aromatic carbocycles. The zero-order valence-corrected chi connectivity index (χ0v) is 20.6. The van der Waals surface area contributed by atoms with Crippen molar-refractivity contribution in [2.24, 2.45) is 0 Å². The first kappa shape index (κ1) is 21.2. The van der Waals surface area contributed by atoms with Crippen LogP contribution in [0.3, 0.4) is 0 Å². The minimum absolute atomic E-state index is 0.506. The lowest BCUT2D eigenvalue weighted by molar-refractivity contribution is 0.699. The molecule has 0 N–H and O–H groups in total. The van der Waals surface area contributed by atoms with Crippen LogP contribution in [0.2, 0.25) is 0 Å². The second kappa shape index (κ2) is 8.81. The number of benzene rings is 4. The van der Waals surface area contributed by atoms with Gasteiger partial charge in [0.25, 0.3) is 0 Å². The van der Waals surface area contributed by atoms with Gasteiger partial charge in [0.05, 0.1) is 25.9 Å². The normalized spacial score (nSPS) is 24.0. The molecule has 33 heavy (non-hydrogen) atoms. The van der Waals surface area contributed by atoms with Gasteiger partial charge in [-0.3, -0.25) is 0 Å². The van der Waals surface area contributed by atoms with E-state index in [2.05, 4.69) is 120 Å². The predicted molar refractivity (Wildman–Crippen MR) is 144 cm³/mol. The summed E-state index contributed by atoms with van der Waals surface area (Å²) >= 11 is 0. The number of hydrogen-bond acceptors (Lipinski definition) is 1. The van der Waals surface area contributed by atoms with Crippen LogP contribution in [-0.4, -0.2) is 4.44 Å². The van der Waals surface area contributed by atoms with Crippen LogP contribution in [0.25, 0.3) is 0 Å². The Labute approximate surface area is 199 Å². The number of rotatable bonds is 4. The molecule has 0 aliphatic carbocycles. The highest BCUT2D eigenvalue weighted by Gasteiger charge is 2.57. The predicted octanol–water partition coefficient (Wildman–Crippen LogP) is 7.85. The molecule has 4 aromatic rings. The van der Waals surface area contributed by atoms with Crippen molar-refractivity contribution in [1.29, 1.82) is 0 Å². The standard InChI is InChI=1S/C30H29NP2/c1-33(31-23-26-17-11-12-20-28(26)32(31)27-18-9-4-10-19-27)29(24-13-5-2-6-14-24)21-22-30(33)25-15-7-3-8-16-25/h2-20,29-30H,1,21-23H2/t29-,30-,32?/m1/s1. The van der Waals surface area contributed by atoms with E-state index >= 15 is 0 Å². The maximum Gasteiger partial charge on any atom is 0.0845 e. The Balaban J connectivity index is 1.53. The Morgan fingerprint density at radius 2 is 1.12 bits per heavy atom. The van der Waals surface area contributed by atoms with Crippen molar-refractivity contribution in [1.82, 2.24) is 4.44 Å². The summed E-state index contributed by atoms with van der Waals surface area (Å²) in [5.41, 5.74) is 5.44. The van der Waals surface area contributed by atoms with Gasteiger partial charge in [-0.15, -0.1) is 0 Å². The quantitative estimate of drug-likeness (QED) is 0.219. The highest BCUT2D eigenvalue weighted by atomic mass is 31.2. The molecular formula is C30H29NP2.